The maximum atomic E-state index is 11.4. The number of amides is 1. The summed E-state index contributed by atoms with van der Waals surface area (Å²) in [4.78, 5) is 21.7. The highest BCUT2D eigenvalue weighted by atomic mass is 16.5. The van der Waals surface area contributed by atoms with E-state index in [4.69, 9.17) is 5.11 Å². The Hall–Kier alpha value is -1.10. The third-order valence-electron chi connectivity index (χ3n) is 4.06. The fourth-order valence-electron chi connectivity index (χ4n) is 2.57. The lowest BCUT2D eigenvalue weighted by Crippen LogP contribution is -2.28. The van der Waals surface area contributed by atoms with Crippen LogP contribution in [0, 0.1) is 0 Å². The van der Waals surface area contributed by atoms with Crippen LogP contribution in [0.25, 0.3) is 0 Å². The summed E-state index contributed by atoms with van der Waals surface area (Å²) in [5.74, 6) is -1.52. The topological polar surface area (TPSA) is 77.8 Å². The Morgan fingerprint density at radius 1 is 0.739 bits per heavy atom. The van der Waals surface area contributed by atoms with E-state index in [1.54, 1.807) is 0 Å². The molecule has 0 aromatic rings. The molecule has 0 aliphatic rings. The molecule has 0 aromatic heterocycles. The lowest BCUT2D eigenvalue weighted by Gasteiger charge is -2.14. The van der Waals surface area contributed by atoms with Gasteiger partial charge in [0.15, 0.2) is 0 Å². The van der Waals surface area contributed by atoms with Crippen molar-refractivity contribution in [1.29, 1.82) is 0 Å². The molecule has 0 fully saturated rings. The molecule has 0 saturated carbocycles. The van der Waals surface area contributed by atoms with Crippen LogP contribution < -0.4 is 0 Å². The van der Waals surface area contributed by atoms with Crippen molar-refractivity contribution in [2.45, 2.75) is 96.8 Å². The molecule has 0 heterocycles. The second kappa shape index (κ2) is 15.8. The van der Waals surface area contributed by atoms with Gasteiger partial charge in [0.1, 0.15) is 0 Å². The second-order valence-electron chi connectivity index (χ2n) is 6.30. The van der Waals surface area contributed by atoms with Crippen molar-refractivity contribution in [1.82, 2.24) is 5.06 Å². The van der Waals surface area contributed by atoms with Crippen molar-refractivity contribution in [3.05, 3.63) is 0 Å². The number of carboxylic acids is 1. The molecule has 0 rings (SSSR count). The quantitative estimate of drug-likeness (QED) is 0.243. The van der Waals surface area contributed by atoms with E-state index in [0.717, 1.165) is 19.3 Å². The summed E-state index contributed by atoms with van der Waals surface area (Å²) >= 11 is 0. The minimum atomic E-state index is -1.02. The van der Waals surface area contributed by atoms with E-state index in [-0.39, 0.29) is 12.8 Å². The van der Waals surface area contributed by atoms with E-state index in [2.05, 4.69) is 6.92 Å². The first-order chi connectivity index (χ1) is 11.1. The normalized spacial score (nSPS) is 10.7. The maximum absolute atomic E-state index is 11.4. The highest BCUT2D eigenvalue weighted by Gasteiger charge is 2.11. The number of rotatable bonds is 16. The number of carbonyl (C=O) groups excluding carboxylic acids is 1. The summed E-state index contributed by atoms with van der Waals surface area (Å²) in [5, 5.41) is 18.6. The van der Waals surface area contributed by atoms with Crippen LogP contribution in [0.3, 0.4) is 0 Å². The molecular weight excluding hydrogens is 294 g/mol. The van der Waals surface area contributed by atoms with Crippen LogP contribution in [0.15, 0.2) is 0 Å². The number of hydrogen-bond donors (Lipinski definition) is 2. The summed E-state index contributed by atoms with van der Waals surface area (Å²) < 4.78 is 0. The fraction of sp³-hybridized carbons (Fsp3) is 0.889. The number of hydroxylamine groups is 2. The van der Waals surface area contributed by atoms with E-state index < -0.39 is 11.9 Å². The van der Waals surface area contributed by atoms with Crippen molar-refractivity contribution in [2.24, 2.45) is 0 Å². The van der Waals surface area contributed by atoms with Crippen molar-refractivity contribution < 1.29 is 19.9 Å². The van der Waals surface area contributed by atoms with Crippen LogP contribution in [0.1, 0.15) is 96.8 Å². The number of carboxylic acid groups (broad SMARTS) is 1. The number of hydrogen-bond acceptors (Lipinski definition) is 3. The van der Waals surface area contributed by atoms with E-state index >= 15 is 0 Å². The third-order valence-corrected chi connectivity index (χ3v) is 4.06. The van der Waals surface area contributed by atoms with Gasteiger partial charge in [0.25, 0.3) is 0 Å². The first-order valence-electron chi connectivity index (χ1n) is 9.29. The predicted molar refractivity (Wildman–Crippen MR) is 91.4 cm³/mol. The van der Waals surface area contributed by atoms with Crippen LogP contribution in [-0.4, -0.2) is 33.8 Å². The molecule has 0 saturated heterocycles. The molecule has 23 heavy (non-hydrogen) atoms. The molecule has 0 unspecified atom stereocenters. The molecule has 0 radical (unpaired) electrons. The van der Waals surface area contributed by atoms with Gasteiger partial charge in [0, 0.05) is 13.0 Å². The zero-order chi connectivity index (χ0) is 17.3. The minimum absolute atomic E-state index is 0.135. The molecule has 0 atom stereocenters. The monoisotopic (exact) mass is 329 g/mol. The summed E-state index contributed by atoms with van der Waals surface area (Å²) in [6.45, 7) is 2.54. The SMILES string of the molecule is CCCCCCCCCCCCCCN(O)C(=O)CCC(=O)O. The van der Waals surface area contributed by atoms with E-state index in [1.165, 1.54) is 57.8 Å². The maximum Gasteiger partial charge on any atom is 0.303 e. The Morgan fingerprint density at radius 3 is 1.61 bits per heavy atom. The average molecular weight is 329 g/mol. The largest absolute Gasteiger partial charge is 0.481 e. The summed E-state index contributed by atoms with van der Waals surface area (Å²) in [5.41, 5.74) is 0. The molecular formula is C18H35NO4. The van der Waals surface area contributed by atoms with Gasteiger partial charge in [0.05, 0.1) is 6.42 Å². The first kappa shape index (κ1) is 21.9. The number of aliphatic carboxylic acids is 1. The van der Waals surface area contributed by atoms with Gasteiger partial charge in [-0.15, -0.1) is 0 Å². The van der Waals surface area contributed by atoms with Crippen LogP contribution in [0.2, 0.25) is 0 Å². The van der Waals surface area contributed by atoms with Gasteiger partial charge in [0.2, 0.25) is 5.91 Å². The number of nitrogens with zero attached hydrogens (tertiary/aromatic N) is 1. The minimum Gasteiger partial charge on any atom is -0.481 e. The highest BCUT2D eigenvalue weighted by molar-refractivity contribution is 5.79. The van der Waals surface area contributed by atoms with Crippen molar-refractivity contribution in [3.8, 4) is 0 Å². The van der Waals surface area contributed by atoms with Gasteiger partial charge in [-0.05, 0) is 6.42 Å². The standard InChI is InChI=1S/C18H35NO4/c1-2-3-4-5-6-7-8-9-10-11-12-13-16-19(23)17(20)14-15-18(21)22/h23H,2-16H2,1H3,(H,21,22). The zero-order valence-corrected chi connectivity index (χ0v) is 14.8. The molecule has 136 valence electrons. The number of carbonyl (C=O) groups is 2. The van der Waals surface area contributed by atoms with Crippen molar-refractivity contribution in [3.63, 3.8) is 0 Å². The van der Waals surface area contributed by atoms with E-state index in [1.807, 2.05) is 0 Å². The van der Waals surface area contributed by atoms with Gasteiger partial charge in [-0.1, -0.05) is 77.6 Å². The number of unbranched alkanes of at least 4 members (excludes halogenated alkanes) is 11. The fourth-order valence-corrected chi connectivity index (χ4v) is 2.57. The Morgan fingerprint density at radius 2 is 1.17 bits per heavy atom. The highest BCUT2D eigenvalue weighted by Crippen LogP contribution is 2.12. The van der Waals surface area contributed by atoms with Crippen LogP contribution in [0.5, 0.6) is 0 Å². The van der Waals surface area contributed by atoms with Gasteiger partial charge in [-0.3, -0.25) is 14.8 Å². The molecule has 1 amide bonds. The van der Waals surface area contributed by atoms with E-state index in [9.17, 15) is 14.8 Å². The zero-order valence-electron chi connectivity index (χ0n) is 14.8. The first-order valence-corrected chi connectivity index (χ1v) is 9.29. The summed E-state index contributed by atoms with van der Waals surface area (Å²) in [7, 11) is 0. The molecule has 0 aliphatic carbocycles. The molecule has 0 bridgehead atoms. The Balaban J connectivity index is 3.29. The molecule has 0 aliphatic heterocycles. The van der Waals surface area contributed by atoms with Gasteiger partial charge in [-0.2, -0.15) is 0 Å². The lowest BCUT2D eigenvalue weighted by molar-refractivity contribution is -0.166. The predicted octanol–water partition coefficient (Wildman–Crippen LogP) is 4.77. The summed E-state index contributed by atoms with van der Waals surface area (Å²) in [6, 6.07) is 0. The molecule has 2 N–H and O–H groups in total. The molecule has 5 heteroatoms. The van der Waals surface area contributed by atoms with Crippen LogP contribution in [-0.2, 0) is 9.59 Å². The molecule has 0 aromatic carbocycles. The van der Waals surface area contributed by atoms with Crippen molar-refractivity contribution >= 4 is 11.9 Å². The van der Waals surface area contributed by atoms with Crippen LogP contribution in [0.4, 0.5) is 0 Å². The Bertz CT molecular complexity index is 307. The average Bonchev–Trinajstić information content (AvgIpc) is 2.53. The van der Waals surface area contributed by atoms with Crippen LogP contribution >= 0.6 is 0 Å². The Labute approximate surface area is 141 Å². The molecule has 0 spiro atoms. The third kappa shape index (κ3) is 15.6. The Kier molecular flexibility index (Phi) is 15.0. The van der Waals surface area contributed by atoms with E-state index in [0.29, 0.717) is 11.6 Å². The second-order valence-corrected chi connectivity index (χ2v) is 6.30. The van der Waals surface area contributed by atoms with Gasteiger partial charge >= 0.3 is 5.97 Å². The van der Waals surface area contributed by atoms with Crippen molar-refractivity contribution in [2.75, 3.05) is 6.54 Å². The molecule has 5 nitrogen and oxygen atoms in total. The van der Waals surface area contributed by atoms with Gasteiger partial charge in [-0.25, -0.2) is 5.06 Å². The summed E-state index contributed by atoms with van der Waals surface area (Å²) in [6.07, 6.45) is 14.4. The van der Waals surface area contributed by atoms with Gasteiger partial charge < -0.3 is 5.11 Å². The lowest BCUT2D eigenvalue weighted by atomic mass is 10.1. The smallest absolute Gasteiger partial charge is 0.303 e.